The maximum Gasteiger partial charge on any atom is 0.337 e. The standard InChI is InChI=1S/C32H21NO6/c1-38-31(34)27-16-9-23(10-17-27)4-3-22-7-14-26(15-8-22)29-20-13-25(21-30(29)33(36)37)6-5-24-11-18-28(19-12-24)32(35)39-2/h7-21H,1-2H3. The number of hydrogen-bond acceptors (Lipinski definition) is 6. The van der Waals surface area contributed by atoms with E-state index in [0.29, 0.717) is 33.4 Å². The molecule has 0 unspecified atom stereocenters. The molecule has 4 aromatic rings. The molecule has 0 saturated carbocycles. The second-order valence-corrected chi connectivity index (χ2v) is 8.20. The quantitative estimate of drug-likeness (QED) is 0.151. The summed E-state index contributed by atoms with van der Waals surface area (Å²) < 4.78 is 9.37. The van der Waals surface area contributed by atoms with Crippen LogP contribution in [-0.2, 0) is 9.47 Å². The van der Waals surface area contributed by atoms with E-state index in [0.717, 1.165) is 11.1 Å². The van der Waals surface area contributed by atoms with E-state index in [2.05, 4.69) is 33.2 Å². The lowest BCUT2D eigenvalue weighted by atomic mass is 10.00. The number of carbonyl (C=O) groups excluding carboxylic acids is 2. The third-order valence-electron chi connectivity index (χ3n) is 5.70. The molecule has 0 radical (unpaired) electrons. The Morgan fingerprint density at radius 3 is 1.41 bits per heavy atom. The molecule has 0 saturated heterocycles. The third kappa shape index (κ3) is 6.56. The summed E-state index contributed by atoms with van der Waals surface area (Å²) in [6.07, 6.45) is 0. The van der Waals surface area contributed by atoms with Crippen molar-refractivity contribution < 1.29 is 24.0 Å². The summed E-state index contributed by atoms with van der Waals surface area (Å²) in [5.41, 5.74) is 4.55. The first-order valence-corrected chi connectivity index (χ1v) is 11.7. The predicted molar refractivity (Wildman–Crippen MR) is 146 cm³/mol. The minimum Gasteiger partial charge on any atom is -0.465 e. The maximum absolute atomic E-state index is 11.8. The van der Waals surface area contributed by atoms with Gasteiger partial charge in [-0.3, -0.25) is 10.1 Å². The lowest BCUT2D eigenvalue weighted by Crippen LogP contribution is -2.00. The molecule has 0 amide bonds. The Kier molecular flexibility index (Phi) is 8.16. The Balaban J connectivity index is 1.52. The van der Waals surface area contributed by atoms with Crippen molar-refractivity contribution in [3.8, 4) is 34.8 Å². The van der Waals surface area contributed by atoms with Gasteiger partial charge in [0.15, 0.2) is 0 Å². The number of rotatable bonds is 4. The number of esters is 2. The van der Waals surface area contributed by atoms with E-state index in [9.17, 15) is 19.7 Å². The van der Waals surface area contributed by atoms with Crippen molar-refractivity contribution >= 4 is 17.6 Å². The van der Waals surface area contributed by atoms with Gasteiger partial charge in [0.25, 0.3) is 5.69 Å². The smallest absolute Gasteiger partial charge is 0.337 e. The molecular formula is C32H21NO6. The molecule has 0 heterocycles. The van der Waals surface area contributed by atoms with Crippen LogP contribution >= 0.6 is 0 Å². The zero-order valence-electron chi connectivity index (χ0n) is 21.1. The van der Waals surface area contributed by atoms with E-state index < -0.39 is 16.9 Å². The number of nitro benzene ring substituents is 1. The van der Waals surface area contributed by atoms with Crippen LogP contribution in [0.2, 0.25) is 0 Å². The van der Waals surface area contributed by atoms with Crippen LogP contribution in [0.1, 0.15) is 43.0 Å². The first-order valence-electron chi connectivity index (χ1n) is 11.7. The molecule has 0 aliphatic rings. The normalized spacial score (nSPS) is 9.79. The summed E-state index contributed by atoms with van der Waals surface area (Å²) in [6.45, 7) is 0. The average Bonchev–Trinajstić information content (AvgIpc) is 2.98. The van der Waals surface area contributed by atoms with Gasteiger partial charge in [0, 0.05) is 28.3 Å². The van der Waals surface area contributed by atoms with Crippen molar-refractivity contribution in [2.24, 2.45) is 0 Å². The van der Waals surface area contributed by atoms with Crippen molar-refractivity contribution in [2.45, 2.75) is 0 Å². The van der Waals surface area contributed by atoms with Crippen LogP contribution in [0.3, 0.4) is 0 Å². The molecule has 0 aliphatic carbocycles. The van der Waals surface area contributed by atoms with Gasteiger partial charge in [-0.1, -0.05) is 35.8 Å². The Hall–Kier alpha value is -5.66. The van der Waals surface area contributed by atoms with Crippen molar-refractivity contribution in [1.29, 1.82) is 0 Å². The van der Waals surface area contributed by atoms with Crippen LogP contribution < -0.4 is 0 Å². The summed E-state index contributed by atoms with van der Waals surface area (Å²) in [4.78, 5) is 34.5. The Bertz CT molecular complexity index is 1660. The van der Waals surface area contributed by atoms with Crippen LogP contribution in [0.25, 0.3) is 11.1 Å². The van der Waals surface area contributed by atoms with Crippen molar-refractivity contribution in [2.75, 3.05) is 14.2 Å². The third-order valence-corrected chi connectivity index (χ3v) is 5.70. The molecule has 4 aromatic carbocycles. The predicted octanol–water partition coefficient (Wildman–Crippen LogP) is 5.63. The van der Waals surface area contributed by atoms with Gasteiger partial charge in [0.1, 0.15) is 0 Å². The number of hydrogen-bond donors (Lipinski definition) is 0. The molecule has 0 spiro atoms. The number of nitrogens with zero attached hydrogens (tertiary/aromatic N) is 1. The van der Waals surface area contributed by atoms with Gasteiger partial charge >= 0.3 is 11.9 Å². The lowest BCUT2D eigenvalue weighted by molar-refractivity contribution is -0.384. The molecule has 0 fully saturated rings. The fourth-order valence-corrected chi connectivity index (χ4v) is 3.64. The molecule has 7 nitrogen and oxygen atoms in total. The van der Waals surface area contributed by atoms with Crippen LogP contribution in [-0.4, -0.2) is 31.1 Å². The molecule has 190 valence electrons. The first kappa shape index (κ1) is 26.4. The van der Waals surface area contributed by atoms with Gasteiger partial charge in [-0.15, -0.1) is 0 Å². The zero-order chi connectivity index (χ0) is 27.8. The SMILES string of the molecule is COC(=O)c1ccc(C#Cc2ccc(-c3ccc(C#Cc4ccc(C(=O)OC)cc4)cc3[N+](=O)[O-])cc2)cc1. The van der Waals surface area contributed by atoms with Crippen molar-refractivity contribution in [3.63, 3.8) is 0 Å². The van der Waals surface area contributed by atoms with E-state index in [4.69, 9.17) is 0 Å². The summed E-state index contributed by atoms with van der Waals surface area (Å²) >= 11 is 0. The zero-order valence-corrected chi connectivity index (χ0v) is 21.1. The van der Waals surface area contributed by atoms with Crippen LogP contribution in [0.5, 0.6) is 0 Å². The van der Waals surface area contributed by atoms with Gasteiger partial charge < -0.3 is 9.47 Å². The maximum atomic E-state index is 11.8. The summed E-state index contributed by atoms with van der Waals surface area (Å²) in [5.74, 6) is 11.1. The molecular weight excluding hydrogens is 494 g/mol. The largest absolute Gasteiger partial charge is 0.465 e. The van der Waals surface area contributed by atoms with Crippen LogP contribution in [0.4, 0.5) is 5.69 Å². The molecule has 7 heteroatoms. The Morgan fingerprint density at radius 2 is 1.00 bits per heavy atom. The molecule has 0 aliphatic heterocycles. The molecule has 0 aromatic heterocycles. The van der Waals surface area contributed by atoms with E-state index in [-0.39, 0.29) is 5.69 Å². The highest BCUT2D eigenvalue weighted by atomic mass is 16.6. The van der Waals surface area contributed by atoms with Gasteiger partial charge in [-0.2, -0.15) is 0 Å². The topological polar surface area (TPSA) is 95.7 Å². The average molecular weight is 516 g/mol. The first-order chi connectivity index (χ1) is 18.9. The molecule has 0 atom stereocenters. The Morgan fingerprint density at radius 1 is 0.615 bits per heavy atom. The summed E-state index contributed by atoms with van der Waals surface area (Å²) in [7, 11) is 2.64. The summed E-state index contributed by atoms with van der Waals surface area (Å²) in [6, 6.07) is 25.3. The van der Waals surface area contributed by atoms with E-state index >= 15 is 0 Å². The number of ether oxygens (including phenoxy) is 2. The van der Waals surface area contributed by atoms with Crippen molar-refractivity contribution in [1.82, 2.24) is 0 Å². The van der Waals surface area contributed by atoms with Gasteiger partial charge in [0.2, 0.25) is 0 Å². The molecule has 39 heavy (non-hydrogen) atoms. The van der Waals surface area contributed by atoms with E-state index in [1.165, 1.54) is 20.3 Å². The molecule has 0 bridgehead atoms. The van der Waals surface area contributed by atoms with E-state index in [1.807, 2.05) is 0 Å². The second-order valence-electron chi connectivity index (χ2n) is 8.20. The lowest BCUT2D eigenvalue weighted by Gasteiger charge is -2.04. The second kappa shape index (κ2) is 12.1. The fraction of sp³-hybridized carbons (Fsp3) is 0.0625. The highest BCUT2D eigenvalue weighted by Crippen LogP contribution is 2.31. The number of nitro groups is 1. The highest BCUT2D eigenvalue weighted by molar-refractivity contribution is 5.89. The fourth-order valence-electron chi connectivity index (χ4n) is 3.64. The Labute approximate surface area is 225 Å². The molecule has 0 N–H and O–H groups in total. The number of benzene rings is 4. The number of methoxy groups -OCH3 is 2. The van der Waals surface area contributed by atoms with Crippen LogP contribution in [0, 0.1) is 33.8 Å². The van der Waals surface area contributed by atoms with Crippen molar-refractivity contribution in [3.05, 3.63) is 134 Å². The summed E-state index contributed by atoms with van der Waals surface area (Å²) in [5, 5.41) is 11.8. The highest BCUT2D eigenvalue weighted by Gasteiger charge is 2.16. The van der Waals surface area contributed by atoms with Gasteiger partial charge in [-0.25, -0.2) is 9.59 Å². The minimum atomic E-state index is -0.437. The van der Waals surface area contributed by atoms with Crippen LogP contribution in [0.15, 0.2) is 91.0 Å². The minimum absolute atomic E-state index is 0.0626. The van der Waals surface area contributed by atoms with Gasteiger partial charge in [0.05, 0.1) is 35.8 Å². The monoisotopic (exact) mass is 515 g/mol. The number of carbonyl (C=O) groups is 2. The molecule has 4 rings (SSSR count). The van der Waals surface area contributed by atoms with Gasteiger partial charge in [-0.05, 0) is 78.4 Å². The van der Waals surface area contributed by atoms with E-state index in [1.54, 1.807) is 84.9 Å².